The summed E-state index contributed by atoms with van der Waals surface area (Å²) >= 11 is 0. The molecule has 1 aliphatic rings. The quantitative estimate of drug-likeness (QED) is 0.453. The maximum Gasteiger partial charge on any atom is 0.335 e. The smallest absolute Gasteiger partial charge is 0.335 e. The molecule has 30 heavy (non-hydrogen) atoms. The van der Waals surface area contributed by atoms with Gasteiger partial charge in [0.15, 0.2) is 0 Å². The molecule has 160 valence electrons. The van der Waals surface area contributed by atoms with Crippen molar-refractivity contribution in [3.05, 3.63) is 70.8 Å². The van der Waals surface area contributed by atoms with Gasteiger partial charge in [0.25, 0.3) is 11.8 Å². The van der Waals surface area contributed by atoms with Crippen molar-refractivity contribution in [3.8, 4) is 0 Å². The van der Waals surface area contributed by atoms with Crippen LogP contribution in [0.15, 0.2) is 48.5 Å². The van der Waals surface area contributed by atoms with E-state index in [2.05, 4.69) is 24.0 Å². The number of hydrogen-bond acceptors (Lipinski definition) is 4. The van der Waals surface area contributed by atoms with Gasteiger partial charge in [-0.3, -0.25) is 19.4 Å². The van der Waals surface area contributed by atoms with Crippen LogP contribution in [0.2, 0.25) is 0 Å². The maximum absolute atomic E-state index is 12.5. The molecule has 7 heteroatoms. The highest BCUT2D eigenvalue weighted by Gasteiger charge is 2.35. The van der Waals surface area contributed by atoms with Gasteiger partial charge in [-0.25, -0.2) is 4.79 Å². The van der Waals surface area contributed by atoms with E-state index in [9.17, 15) is 14.4 Å². The summed E-state index contributed by atoms with van der Waals surface area (Å²) in [6.07, 6.45) is 2.65. The number of carboxylic acid groups (broad SMARTS) is 1. The number of hydrogen-bond donors (Lipinski definition) is 1. The van der Waals surface area contributed by atoms with Gasteiger partial charge in [0.1, 0.15) is 0 Å². The Hall–Kier alpha value is -2.70. The van der Waals surface area contributed by atoms with E-state index in [0.29, 0.717) is 12.1 Å². The molecular formula is C23H27ClN2O4. The zero-order valence-corrected chi connectivity index (χ0v) is 17.9. The molecule has 2 aromatic rings. The Bertz CT molecular complexity index is 901. The van der Waals surface area contributed by atoms with Crippen LogP contribution in [-0.2, 0) is 6.54 Å². The van der Waals surface area contributed by atoms with Crippen LogP contribution in [0.3, 0.4) is 0 Å². The van der Waals surface area contributed by atoms with E-state index in [0.717, 1.165) is 38.9 Å². The monoisotopic (exact) mass is 430 g/mol. The van der Waals surface area contributed by atoms with Crippen LogP contribution in [0.25, 0.3) is 0 Å². The molecule has 1 N–H and O–H groups in total. The van der Waals surface area contributed by atoms with Crippen LogP contribution < -0.4 is 0 Å². The number of fused-ring (bicyclic) bond motifs is 1. The molecule has 0 saturated heterocycles. The van der Waals surface area contributed by atoms with Crippen LogP contribution in [0, 0.1) is 0 Å². The van der Waals surface area contributed by atoms with Gasteiger partial charge in [-0.1, -0.05) is 43.7 Å². The lowest BCUT2D eigenvalue weighted by atomic mass is 10.1. The standard InChI is InChI=1S/C23H26N2O4.ClH/c1-2-24(16-17-9-5-3-6-10-17)13-7-4-8-14-25-21(26)19-12-11-18(23(28)29)15-20(19)22(25)27;/h3,5-6,9-12,15H,2,4,7-8,13-14,16H2,1H3,(H,28,29);1H. The minimum Gasteiger partial charge on any atom is -0.478 e. The molecule has 0 aliphatic carbocycles. The summed E-state index contributed by atoms with van der Waals surface area (Å²) < 4.78 is 0. The first-order chi connectivity index (χ1) is 14.0. The predicted octanol–water partition coefficient (Wildman–Crippen LogP) is 4.10. The highest BCUT2D eigenvalue weighted by Crippen LogP contribution is 2.24. The third-order valence-corrected chi connectivity index (χ3v) is 5.27. The summed E-state index contributed by atoms with van der Waals surface area (Å²) in [6, 6.07) is 14.4. The van der Waals surface area contributed by atoms with Crippen LogP contribution in [0.5, 0.6) is 0 Å². The molecule has 0 atom stereocenters. The van der Waals surface area contributed by atoms with Crippen molar-refractivity contribution in [1.82, 2.24) is 9.80 Å². The lowest BCUT2D eigenvalue weighted by molar-refractivity contribution is 0.0649. The number of halogens is 1. The zero-order chi connectivity index (χ0) is 20.8. The molecule has 0 spiro atoms. The lowest BCUT2D eigenvalue weighted by Gasteiger charge is -2.20. The summed E-state index contributed by atoms with van der Waals surface area (Å²) in [5.41, 5.74) is 1.79. The Morgan fingerprint density at radius 1 is 0.967 bits per heavy atom. The van der Waals surface area contributed by atoms with Gasteiger partial charge >= 0.3 is 5.97 Å². The summed E-state index contributed by atoms with van der Waals surface area (Å²) in [6.45, 7) is 5.36. The topological polar surface area (TPSA) is 77.9 Å². The van der Waals surface area contributed by atoms with E-state index in [1.54, 1.807) is 0 Å². The number of unbranched alkanes of at least 4 members (excludes halogenated alkanes) is 2. The lowest BCUT2D eigenvalue weighted by Crippen LogP contribution is -2.31. The Labute approximate surface area is 182 Å². The van der Waals surface area contributed by atoms with E-state index in [1.807, 2.05) is 18.2 Å². The van der Waals surface area contributed by atoms with Gasteiger partial charge in [-0.15, -0.1) is 12.4 Å². The molecule has 6 nitrogen and oxygen atoms in total. The fourth-order valence-electron chi connectivity index (χ4n) is 3.60. The molecule has 2 aromatic carbocycles. The molecule has 1 heterocycles. The van der Waals surface area contributed by atoms with Crippen molar-refractivity contribution in [2.24, 2.45) is 0 Å². The van der Waals surface area contributed by atoms with Crippen molar-refractivity contribution in [2.75, 3.05) is 19.6 Å². The summed E-state index contributed by atoms with van der Waals surface area (Å²) in [4.78, 5) is 39.7. The van der Waals surface area contributed by atoms with Crippen molar-refractivity contribution < 1.29 is 19.5 Å². The Morgan fingerprint density at radius 2 is 1.67 bits per heavy atom. The van der Waals surface area contributed by atoms with Gasteiger partial charge < -0.3 is 5.11 Å². The first kappa shape index (κ1) is 23.6. The molecule has 0 unspecified atom stereocenters. The van der Waals surface area contributed by atoms with Crippen LogP contribution in [-0.4, -0.2) is 52.3 Å². The number of carbonyl (C=O) groups is 3. The van der Waals surface area contributed by atoms with E-state index >= 15 is 0 Å². The molecule has 3 rings (SSSR count). The summed E-state index contributed by atoms with van der Waals surface area (Å²) in [5.74, 6) is -1.84. The number of carboxylic acids is 1. The fraction of sp³-hybridized carbons (Fsp3) is 0.348. The van der Waals surface area contributed by atoms with Crippen LogP contribution in [0.1, 0.15) is 62.8 Å². The van der Waals surface area contributed by atoms with Gasteiger partial charge in [-0.2, -0.15) is 0 Å². The SMILES string of the molecule is CCN(CCCCCN1C(=O)c2ccc(C(=O)O)cc2C1=O)Cc1ccccc1.Cl. The molecule has 2 amide bonds. The third-order valence-electron chi connectivity index (χ3n) is 5.27. The van der Waals surface area contributed by atoms with Crippen molar-refractivity contribution in [1.29, 1.82) is 0 Å². The maximum atomic E-state index is 12.5. The number of rotatable bonds is 10. The molecule has 0 aromatic heterocycles. The average molecular weight is 431 g/mol. The minimum atomic E-state index is -1.11. The van der Waals surface area contributed by atoms with E-state index in [1.165, 1.54) is 28.7 Å². The molecule has 1 aliphatic heterocycles. The zero-order valence-electron chi connectivity index (χ0n) is 17.0. The van der Waals surface area contributed by atoms with E-state index < -0.39 is 11.9 Å². The average Bonchev–Trinajstić information content (AvgIpc) is 2.97. The second-order valence-electron chi connectivity index (χ2n) is 7.24. The summed E-state index contributed by atoms with van der Waals surface area (Å²) in [5, 5.41) is 9.08. The minimum absolute atomic E-state index is 0. The van der Waals surface area contributed by atoms with Crippen molar-refractivity contribution >= 4 is 30.2 Å². The molecular weight excluding hydrogens is 404 g/mol. The van der Waals surface area contributed by atoms with E-state index in [-0.39, 0.29) is 29.4 Å². The fourth-order valence-corrected chi connectivity index (χ4v) is 3.60. The van der Waals surface area contributed by atoms with Gasteiger partial charge in [0.2, 0.25) is 0 Å². The van der Waals surface area contributed by atoms with Gasteiger partial charge in [0, 0.05) is 13.1 Å². The highest BCUT2D eigenvalue weighted by atomic mass is 35.5. The van der Waals surface area contributed by atoms with Gasteiger partial charge in [0.05, 0.1) is 16.7 Å². The normalized spacial score (nSPS) is 12.8. The predicted molar refractivity (Wildman–Crippen MR) is 117 cm³/mol. The molecule has 0 bridgehead atoms. The molecule has 0 radical (unpaired) electrons. The number of benzene rings is 2. The first-order valence-corrected chi connectivity index (χ1v) is 10.0. The number of imide groups is 1. The van der Waals surface area contributed by atoms with Crippen molar-refractivity contribution in [2.45, 2.75) is 32.7 Å². The van der Waals surface area contributed by atoms with Crippen molar-refractivity contribution in [3.63, 3.8) is 0 Å². The summed E-state index contributed by atoms with van der Waals surface area (Å²) in [7, 11) is 0. The first-order valence-electron chi connectivity index (χ1n) is 10.0. The number of amides is 2. The largest absolute Gasteiger partial charge is 0.478 e. The highest BCUT2D eigenvalue weighted by molar-refractivity contribution is 6.21. The van der Waals surface area contributed by atoms with E-state index in [4.69, 9.17) is 5.11 Å². The molecule has 0 saturated carbocycles. The Morgan fingerprint density at radius 3 is 2.33 bits per heavy atom. The van der Waals surface area contributed by atoms with Crippen LogP contribution >= 0.6 is 12.4 Å². The molecule has 0 fully saturated rings. The Kier molecular flexibility index (Phi) is 8.57. The number of nitrogens with zero attached hydrogens (tertiary/aromatic N) is 2. The second-order valence-corrected chi connectivity index (χ2v) is 7.24. The van der Waals surface area contributed by atoms with Crippen LogP contribution in [0.4, 0.5) is 0 Å². The third kappa shape index (κ3) is 5.46. The number of carbonyl (C=O) groups excluding carboxylic acids is 2. The van der Waals surface area contributed by atoms with Gasteiger partial charge in [-0.05, 0) is 49.7 Å². The second kappa shape index (κ2) is 10.9. The Balaban J connectivity index is 0.00000320. The number of aromatic carboxylic acids is 1.